The van der Waals surface area contributed by atoms with Crippen LogP contribution >= 0.6 is 0 Å². The van der Waals surface area contributed by atoms with Gasteiger partial charge in [0.25, 0.3) is 0 Å². The topological polar surface area (TPSA) is 21.3 Å². The summed E-state index contributed by atoms with van der Waals surface area (Å²) in [5.74, 6) is 0. The lowest BCUT2D eigenvalue weighted by molar-refractivity contribution is -0.206. The van der Waals surface area contributed by atoms with Gasteiger partial charge >= 0.3 is 0 Å². The zero-order chi connectivity index (χ0) is 4.74. The van der Waals surface area contributed by atoms with Crippen molar-refractivity contribution in [2.45, 2.75) is 18.6 Å². The largest absolute Gasteiger partial charge is 0.360 e. The fraction of sp³-hybridized carbons (Fsp3) is 1.00. The quantitative estimate of drug-likeness (QED) is 0.465. The second kappa shape index (κ2) is 1.01. The van der Waals surface area contributed by atoms with Crippen LogP contribution in [-0.4, -0.2) is 18.9 Å². The van der Waals surface area contributed by atoms with Gasteiger partial charge in [0.2, 0.25) is 0 Å². The molecular formula is C5H9NO. The first-order chi connectivity index (χ1) is 3.41. The van der Waals surface area contributed by atoms with E-state index < -0.39 is 0 Å². The third kappa shape index (κ3) is 0.359. The van der Waals surface area contributed by atoms with E-state index in [1.54, 1.807) is 0 Å². The maximum atomic E-state index is 5.24. The highest BCUT2D eigenvalue weighted by atomic mass is 16.5. The van der Waals surface area contributed by atoms with E-state index in [-0.39, 0.29) is 5.72 Å². The van der Waals surface area contributed by atoms with Gasteiger partial charge in [-0.3, -0.25) is 5.32 Å². The summed E-state index contributed by atoms with van der Waals surface area (Å²) < 4.78 is 5.24. The zero-order valence-electron chi connectivity index (χ0n) is 4.24. The molecule has 2 aliphatic heterocycles. The van der Waals surface area contributed by atoms with E-state index in [9.17, 15) is 0 Å². The minimum Gasteiger partial charge on any atom is -0.360 e. The van der Waals surface area contributed by atoms with E-state index in [1.807, 2.05) is 0 Å². The molecular weight excluding hydrogens is 90.1 g/mol. The molecule has 0 aromatic heterocycles. The molecule has 2 fully saturated rings. The van der Waals surface area contributed by atoms with Crippen molar-refractivity contribution in [3.63, 3.8) is 0 Å². The van der Waals surface area contributed by atoms with Gasteiger partial charge in [-0.2, -0.15) is 0 Å². The Morgan fingerprint density at radius 1 is 1.43 bits per heavy atom. The van der Waals surface area contributed by atoms with Gasteiger partial charge < -0.3 is 4.74 Å². The van der Waals surface area contributed by atoms with Crippen molar-refractivity contribution >= 4 is 0 Å². The Morgan fingerprint density at radius 2 is 2.14 bits per heavy atom. The summed E-state index contributed by atoms with van der Waals surface area (Å²) in [7, 11) is 0. The Hall–Kier alpha value is -0.0800. The van der Waals surface area contributed by atoms with Crippen molar-refractivity contribution < 1.29 is 4.74 Å². The van der Waals surface area contributed by atoms with Crippen molar-refractivity contribution in [3.8, 4) is 0 Å². The lowest BCUT2D eigenvalue weighted by atomic mass is 9.94. The normalized spacial score (nSPS) is 48.0. The fourth-order valence-corrected chi connectivity index (χ4v) is 1.09. The molecule has 2 rings (SSSR count). The van der Waals surface area contributed by atoms with E-state index in [0.717, 1.165) is 13.2 Å². The molecule has 2 heteroatoms. The molecule has 1 N–H and O–H groups in total. The van der Waals surface area contributed by atoms with E-state index in [4.69, 9.17) is 4.74 Å². The summed E-state index contributed by atoms with van der Waals surface area (Å²) in [5, 5.41) is 3.24. The molecule has 0 bridgehead atoms. The Kier molecular flexibility index (Phi) is 0.557. The van der Waals surface area contributed by atoms with Gasteiger partial charge in [-0.25, -0.2) is 0 Å². The molecule has 2 nitrogen and oxygen atoms in total. The molecule has 2 saturated heterocycles. The highest BCUT2D eigenvalue weighted by Gasteiger charge is 2.43. The zero-order valence-corrected chi connectivity index (χ0v) is 4.24. The second-order valence-electron chi connectivity index (χ2n) is 2.27. The van der Waals surface area contributed by atoms with Crippen LogP contribution in [0.3, 0.4) is 0 Å². The molecule has 0 saturated carbocycles. The van der Waals surface area contributed by atoms with E-state index >= 15 is 0 Å². The van der Waals surface area contributed by atoms with Crippen LogP contribution in [0.5, 0.6) is 0 Å². The van der Waals surface area contributed by atoms with Crippen LogP contribution in [-0.2, 0) is 4.74 Å². The number of rotatable bonds is 0. The minimum atomic E-state index is 0.194. The van der Waals surface area contributed by atoms with Crippen molar-refractivity contribution in [3.05, 3.63) is 0 Å². The number of hydrogen-bond donors (Lipinski definition) is 1. The second-order valence-corrected chi connectivity index (χ2v) is 2.27. The van der Waals surface area contributed by atoms with Crippen molar-refractivity contribution in [1.82, 2.24) is 5.32 Å². The molecule has 0 aromatic carbocycles. The summed E-state index contributed by atoms with van der Waals surface area (Å²) in [5.41, 5.74) is 0.194. The molecule has 1 spiro atoms. The van der Waals surface area contributed by atoms with Crippen LogP contribution in [0.4, 0.5) is 0 Å². The highest BCUT2D eigenvalue weighted by molar-refractivity contribution is 4.92. The average Bonchev–Trinajstić information content (AvgIpc) is 1.20. The summed E-state index contributed by atoms with van der Waals surface area (Å²) in [6.07, 6.45) is 2.46. The lowest BCUT2D eigenvalue weighted by Crippen LogP contribution is -2.64. The van der Waals surface area contributed by atoms with Crippen molar-refractivity contribution in [2.24, 2.45) is 0 Å². The van der Waals surface area contributed by atoms with Crippen LogP contribution in [0.1, 0.15) is 12.8 Å². The van der Waals surface area contributed by atoms with Crippen LogP contribution in [0, 0.1) is 0 Å². The predicted molar refractivity (Wildman–Crippen MR) is 25.9 cm³/mol. The van der Waals surface area contributed by atoms with Crippen molar-refractivity contribution in [2.75, 3.05) is 13.2 Å². The maximum absolute atomic E-state index is 5.24. The molecule has 2 heterocycles. The number of nitrogens with one attached hydrogen (secondary N) is 1. The Bertz CT molecular complexity index is 68.6. The predicted octanol–water partition coefficient (Wildman–Crippen LogP) is 0.0963. The van der Waals surface area contributed by atoms with E-state index in [2.05, 4.69) is 5.32 Å². The van der Waals surface area contributed by atoms with Gasteiger partial charge in [-0.15, -0.1) is 0 Å². The first-order valence-corrected chi connectivity index (χ1v) is 2.80. The Morgan fingerprint density at radius 3 is 2.14 bits per heavy atom. The average molecular weight is 99.1 g/mol. The molecule has 7 heavy (non-hydrogen) atoms. The van der Waals surface area contributed by atoms with Gasteiger partial charge in [-0.05, 0) is 0 Å². The maximum Gasteiger partial charge on any atom is 0.122 e. The summed E-state index contributed by atoms with van der Waals surface area (Å²) in [4.78, 5) is 0. The molecule has 0 aromatic rings. The van der Waals surface area contributed by atoms with E-state index in [0.29, 0.717) is 0 Å². The van der Waals surface area contributed by atoms with Crippen molar-refractivity contribution in [1.29, 1.82) is 0 Å². The fourth-order valence-electron chi connectivity index (χ4n) is 1.09. The van der Waals surface area contributed by atoms with Crippen LogP contribution in [0.15, 0.2) is 0 Å². The summed E-state index contributed by atoms with van der Waals surface area (Å²) >= 11 is 0. The summed E-state index contributed by atoms with van der Waals surface area (Å²) in [6, 6.07) is 0. The Labute approximate surface area is 42.9 Å². The lowest BCUT2D eigenvalue weighted by Gasteiger charge is -2.49. The molecule has 1 atom stereocenters. The summed E-state index contributed by atoms with van der Waals surface area (Å²) in [6.45, 7) is 2.12. The van der Waals surface area contributed by atoms with Gasteiger partial charge in [0.15, 0.2) is 0 Å². The minimum absolute atomic E-state index is 0.194. The van der Waals surface area contributed by atoms with Crippen LogP contribution in [0.2, 0.25) is 0 Å². The van der Waals surface area contributed by atoms with Crippen LogP contribution in [0.25, 0.3) is 0 Å². The number of hydrogen-bond acceptors (Lipinski definition) is 2. The molecule has 1 unspecified atom stereocenters. The molecule has 0 radical (unpaired) electrons. The SMILES string of the molecule is C1CC2(CCO2)N1. The molecule has 2 aliphatic rings. The van der Waals surface area contributed by atoms with Crippen LogP contribution < -0.4 is 5.32 Å². The third-order valence-electron chi connectivity index (χ3n) is 1.86. The first-order valence-electron chi connectivity index (χ1n) is 2.80. The van der Waals surface area contributed by atoms with E-state index in [1.165, 1.54) is 12.8 Å². The standard InChI is InChI=1S/C5H9NO/c1-3-6-5(1)2-4-7-5/h6H,1-4H2. The van der Waals surface area contributed by atoms with Gasteiger partial charge in [0, 0.05) is 19.4 Å². The Balaban J connectivity index is 2.00. The first kappa shape index (κ1) is 3.87. The van der Waals surface area contributed by atoms with Gasteiger partial charge in [-0.1, -0.05) is 0 Å². The smallest absolute Gasteiger partial charge is 0.122 e. The molecule has 40 valence electrons. The number of ether oxygens (including phenoxy) is 1. The van der Waals surface area contributed by atoms with Gasteiger partial charge in [0.1, 0.15) is 5.72 Å². The highest BCUT2D eigenvalue weighted by Crippen LogP contribution is 2.31. The van der Waals surface area contributed by atoms with Gasteiger partial charge in [0.05, 0.1) is 6.61 Å². The molecule has 0 amide bonds. The monoisotopic (exact) mass is 99.1 g/mol. The third-order valence-corrected chi connectivity index (χ3v) is 1.86. The molecule has 0 aliphatic carbocycles.